The number of aromatic nitrogens is 2. The quantitative estimate of drug-likeness (QED) is 0.788. The first-order chi connectivity index (χ1) is 8.61. The van der Waals surface area contributed by atoms with Crippen LogP contribution in [0.3, 0.4) is 0 Å². The van der Waals surface area contributed by atoms with Gasteiger partial charge in [-0.1, -0.05) is 6.92 Å². The van der Waals surface area contributed by atoms with Gasteiger partial charge < -0.3 is 4.90 Å². The Morgan fingerprint density at radius 2 is 2.22 bits per heavy atom. The van der Waals surface area contributed by atoms with E-state index in [1.165, 1.54) is 6.20 Å². The topological polar surface area (TPSA) is 63.2 Å². The summed E-state index contributed by atoms with van der Waals surface area (Å²) in [5.41, 5.74) is 1.14. The van der Waals surface area contributed by atoms with E-state index >= 15 is 0 Å². The fourth-order valence-corrected chi connectivity index (χ4v) is 2.11. The average molecular weight is 247 g/mol. The maximum atomic E-state index is 12.2. The van der Waals surface area contributed by atoms with Gasteiger partial charge in [0.15, 0.2) is 0 Å². The van der Waals surface area contributed by atoms with Gasteiger partial charge in [0, 0.05) is 31.6 Å². The highest BCUT2D eigenvalue weighted by molar-refractivity contribution is 5.93. The van der Waals surface area contributed by atoms with Gasteiger partial charge in [0.2, 0.25) is 0 Å². The Labute approximate surface area is 106 Å². The number of hydrogen-bond donors (Lipinski definition) is 0. The van der Waals surface area contributed by atoms with E-state index in [0.29, 0.717) is 25.2 Å². The molecule has 0 radical (unpaired) electrons. The second-order valence-electron chi connectivity index (χ2n) is 4.62. The van der Waals surface area contributed by atoms with E-state index in [1.807, 2.05) is 13.8 Å². The molecule has 2 heterocycles. The van der Waals surface area contributed by atoms with E-state index in [0.717, 1.165) is 12.1 Å². The molecule has 0 aromatic carbocycles. The van der Waals surface area contributed by atoms with E-state index < -0.39 is 0 Å². The molecule has 0 bridgehead atoms. The van der Waals surface area contributed by atoms with Crippen LogP contribution in [0.2, 0.25) is 0 Å². The van der Waals surface area contributed by atoms with Gasteiger partial charge in [-0.25, -0.2) is 4.98 Å². The number of carbonyl (C=O) groups is 2. The zero-order chi connectivity index (χ0) is 13.1. The van der Waals surface area contributed by atoms with Crippen molar-refractivity contribution in [2.24, 2.45) is 5.92 Å². The van der Waals surface area contributed by atoms with E-state index in [1.54, 1.807) is 11.1 Å². The summed E-state index contributed by atoms with van der Waals surface area (Å²) in [6.45, 7) is 4.80. The van der Waals surface area contributed by atoms with Crippen LogP contribution in [-0.4, -0.2) is 39.6 Å². The van der Waals surface area contributed by atoms with Gasteiger partial charge >= 0.3 is 0 Å². The molecule has 0 spiro atoms. The first-order valence-electron chi connectivity index (χ1n) is 6.22. The molecule has 1 aromatic heterocycles. The van der Waals surface area contributed by atoms with Crippen molar-refractivity contribution in [3.63, 3.8) is 0 Å². The highest BCUT2D eigenvalue weighted by Crippen LogP contribution is 2.17. The molecule has 1 unspecified atom stereocenters. The fourth-order valence-electron chi connectivity index (χ4n) is 2.11. The van der Waals surface area contributed by atoms with Gasteiger partial charge in [0.25, 0.3) is 5.91 Å². The summed E-state index contributed by atoms with van der Waals surface area (Å²) in [4.78, 5) is 33.7. The van der Waals surface area contributed by atoms with Crippen LogP contribution in [0.1, 0.15) is 35.9 Å². The lowest BCUT2D eigenvalue weighted by Crippen LogP contribution is -2.44. The van der Waals surface area contributed by atoms with Crippen molar-refractivity contribution < 1.29 is 9.59 Å². The highest BCUT2D eigenvalue weighted by Gasteiger charge is 2.29. The van der Waals surface area contributed by atoms with Crippen molar-refractivity contribution in [2.75, 3.05) is 13.1 Å². The van der Waals surface area contributed by atoms with E-state index in [2.05, 4.69) is 9.97 Å². The van der Waals surface area contributed by atoms with Crippen LogP contribution in [0.5, 0.6) is 0 Å². The van der Waals surface area contributed by atoms with Crippen molar-refractivity contribution in [1.29, 1.82) is 0 Å². The smallest absolute Gasteiger partial charge is 0.274 e. The lowest BCUT2D eigenvalue weighted by atomic mass is 9.94. The monoisotopic (exact) mass is 247 g/mol. The first-order valence-corrected chi connectivity index (χ1v) is 6.22. The highest BCUT2D eigenvalue weighted by atomic mass is 16.2. The molecule has 1 aliphatic heterocycles. The Hall–Kier alpha value is -1.78. The Bertz CT molecular complexity index is 456. The fraction of sp³-hybridized carbons (Fsp3) is 0.538. The summed E-state index contributed by atoms with van der Waals surface area (Å²) in [6.07, 6.45) is 4.31. The van der Waals surface area contributed by atoms with Crippen molar-refractivity contribution in [1.82, 2.24) is 14.9 Å². The van der Waals surface area contributed by atoms with Crippen LogP contribution in [0.15, 0.2) is 12.4 Å². The zero-order valence-corrected chi connectivity index (χ0v) is 10.7. The van der Waals surface area contributed by atoms with Crippen molar-refractivity contribution in [3.05, 3.63) is 23.8 Å². The predicted molar refractivity (Wildman–Crippen MR) is 66.1 cm³/mol. The van der Waals surface area contributed by atoms with Gasteiger partial charge in [0.1, 0.15) is 11.5 Å². The second kappa shape index (κ2) is 5.25. The van der Waals surface area contributed by atoms with Crippen molar-refractivity contribution in [2.45, 2.75) is 26.7 Å². The standard InChI is InChI=1S/C13H17N3O2/c1-3-10-8-16(5-4-12(10)17)13(18)11-7-14-9(2)6-15-11/h6-7,10H,3-5,8H2,1-2H3. The number of Topliss-reactive ketones (excluding diaryl/α,β-unsaturated/α-hetero) is 1. The molecule has 18 heavy (non-hydrogen) atoms. The molecule has 2 rings (SSSR count). The Morgan fingerprint density at radius 3 is 2.83 bits per heavy atom. The molecule has 1 saturated heterocycles. The number of amides is 1. The van der Waals surface area contributed by atoms with E-state index in [-0.39, 0.29) is 17.6 Å². The van der Waals surface area contributed by atoms with Gasteiger partial charge in [-0.05, 0) is 13.3 Å². The average Bonchev–Trinajstić information content (AvgIpc) is 2.39. The summed E-state index contributed by atoms with van der Waals surface area (Å²) in [6, 6.07) is 0. The molecule has 1 amide bonds. The van der Waals surface area contributed by atoms with Crippen molar-refractivity contribution >= 4 is 11.7 Å². The van der Waals surface area contributed by atoms with Gasteiger partial charge in [-0.3, -0.25) is 14.6 Å². The number of nitrogens with zero attached hydrogens (tertiary/aromatic N) is 3. The lowest BCUT2D eigenvalue weighted by molar-refractivity contribution is -0.125. The maximum Gasteiger partial charge on any atom is 0.274 e. The SMILES string of the molecule is CCC1CN(C(=O)c2cnc(C)cn2)CCC1=O. The van der Waals surface area contributed by atoms with Gasteiger partial charge in [-0.15, -0.1) is 0 Å². The first kappa shape index (κ1) is 12.7. The number of aryl methyl sites for hydroxylation is 1. The number of carbonyl (C=O) groups excluding carboxylic acids is 2. The van der Waals surface area contributed by atoms with Crippen LogP contribution in [-0.2, 0) is 4.79 Å². The second-order valence-corrected chi connectivity index (χ2v) is 4.62. The van der Waals surface area contributed by atoms with Gasteiger partial charge in [-0.2, -0.15) is 0 Å². The summed E-state index contributed by atoms with van der Waals surface area (Å²) in [7, 11) is 0. The predicted octanol–water partition coefficient (Wildman–Crippen LogP) is 1.23. The minimum atomic E-state index is -0.131. The third-order valence-corrected chi connectivity index (χ3v) is 3.30. The Morgan fingerprint density at radius 1 is 1.44 bits per heavy atom. The normalized spacial score (nSPS) is 20.0. The molecule has 0 aliphatic carbocycles. The van der Waals surface area contributed by atoms with Crippen LogP contribution in [0, 0.1) is 12.8 Å². The number of ketones is 1. The number of piperidine rings is 1. The third-order valence-electron chi connectivity index (χ3n) is 3.30. The molecule has 96 valence electrons. The molecule has 1 aromatic rings. The number of hydrogen-bond acceptors (Lipinski definition) is 4. The van der Waals surface area contributed by atoms with Crippen LogP contribution >= 0.6 is 0 Å². The van der Waals surface area contributed by atoms with Crippen LogP contribution in [0.4, 0.5) is 0 Å². The van der Waals surface area contributed by atoms with Crippen LogP contribution < -0.4 is 0 Å². The molecule has 5 nitrogen and oxygen atoms in total. The molecular formula is C13H17N3O2. The zero-order valence-electron chi connectivity index (χ0n) is 10.7. The molecule has 1 atom stereocenters. The third kappa shape index (κ3) is 2.55. The summed E-state index contributed by atoms with van der Waals surface area (Å²) < 4.78 is 0. The summed E-state index contributed by atoms with van der Waals surface area (Å²) >= 11 is 0. The Balaban J connectivity index is 2.10. The Kier molecular flexibility index (Phi) is 3.69. The number of likely N-dealkylation sites (tertiary alicyclic amines) is 1. The molecule has 1 fully saturated rings. The molecule has 0 saturated carbocycles. The maximum absolute atomic E-state index is 12.2. The molecule has 1 aliphatic rings. The minimum absolute atomic E-state index is 0.0268. The van der Waals surface area contributed by atoms with E-state index in [9.17, 15) is 9.59 Å². The molecule has 5 heteroatoms. The molecular weight excluding hydrogens is 230 g/mol. The minimum Gasteiger partial charge on any atom is -0.336 e. The summed E-state index contributed by atoms with van der Waals surface area (Å²) in [5.74, 6) is 0.103. The largest absolute Gasteiger partial charge is 0.336 e. The van der Waals surface area contributed by atoms with E-state index in [4.69, 9.17) is 0 Å². The number of rotatable bonds is 2. The molecule has 0 N–H and O–H groups in total. The van der Waals surface area contributed by atoms with Crippen LogP contribution in [0.25, 0.3) is 0 Å². The summed E-state index contributed by atoms with van der Waals surface area (Å²) in [5, 5.41) is 0. The lowest BCUT2D eigenvalue weighted by Gasteiger charge is -2.31. The van der Waals surface area contributed by atoms with Gasteiger partial charge in [0.05, 0.1) is 11.9 Å². The van der Waals surface area contributed by atoms with Crippen molar-refractivity contribution in [3.8, 4) is 0 Å².